The minimum absolute atomic E-state index is 0.141. The van der Waals surface area contributed by atoms with E-state index in [4.69, 9.17) is 0 Å². The molecule has 0 aliphatic rings. The highest BCUT2D eigenvalue weighted by molar-refractivity contribution is 6.39. The first-order valence-electron chi connectivity index (χ1n) is 8.07. The van der Waals surface area contributed by atoms with Crippen LogP contribution in [0.1, 0.15) is 18.9 Å². The summed E-state index contributed by atoms with van der Waals surface area (Å²) in [5.74, 6) is -3.90. The maximum Gasteiger partial charge on any atom is 0.313 e. The number of anilines is 1. The van der Waals surface area contributed by atoms with E-state index < -0.39 is 29.0 Å². The molecule has 2 amide bonds. The molecule has 2 aromatic rings. The fourth-order valence-corrected chi connectivity index (χ4v) is 2.27. The summed E-state index contributed by atoms with van der Waals surface area (Å²) >= 11 is 0. The van der Waals surface area contributed by atoms with Crippen LogP contribution >= 0.6 is 0 Å². The van der Waals surface area contributed by atoms with Crippen molar-refractivity contribution in [2.24, 2.45) is 0 Å². The number of nitrogens with one attached hydrogen (secondary N) is 2. The Morgan fingerprint density at radius 3 is 2.42 bits per heavy atom. The van der Waals surface area contributed by atoms with E-state index in [-0.39, 0.29) is 12.2 Å². The van der Waals surface area contributed by atoms with E-state index in [1.54, 1.807) is 6.92 Å². The van der Waals surface area contributed by atoms with Crippen LogP contribution in [0.25, 0.3) is 0 Å². The summed E-state index contributed by atoms with van der Waals surface area (Å²) < 4.78 is 26.3. The lowest BCUT2D eigenvalue weighted by Gasteiger charge is -2.23. The number of aryl methyl sites for hydroxylation is 1. The second-order valence-corrected chi connectivity index (χ2v) is 6.24. The SMILES string of the molecule is C[C@@](O)(CCc1ccccc1)CNC(=O)C(=O)Nc1ccc(F)cc1F. The molecule has 26 heavy (non-hydrogen) atoms. The van der Waals surface area contributed by atoms with Gasteiger partial charge in [0, 0.05) is 12.6 Å². The Labute approximate surface area is 150 Å². The second kappa shape index (κ2) is 8.53. The number of hydrogen-bond donors (Lipinski definition) is 3. The van der Waals surface area contributed by atoms with Crippen molar-refractivity contribution in [1.29, 1.82) is 0 Å². The molecular weight excluding hydrogens is 342 g/mol. The summed E-state index contributed by atoms with van der Waals surface area (Å²) in [5.41, 5.74) is -0.474. The average molecular weight is 362 g/mol. The number of halogens is 2. The van der Waals surface area contributed by atoms with Crippen LogP contribution in [-0.2, 0) is 16.0 Å². The molecule has 0 radical (unpaired) electrons. The second-order valence-electron chi connectivity index (χ2n) is 6.24. The molecule has 0 aliphatic carbocycles. The molecule has 0 fully saturated rings. The lowest BCUT2D eigenvalue weighted by atomic mass is 9.97. The van der Waals surface area contributed by atoms with Gasteiger partial charge in [0.25, 0.3) is 0 Å². The highest BCUT2D eigenvalue weighted by atomic mass is 19.1. The number of aliphatic hydroxyl groups is 1. The molecule has 138 valence electrons. The van der Waals surface area contributed by atoms with Gasteiger partial charge in [0.2, 0.25) is 0 Å². The lowest BCUT2D eigenvalue weighted by Crippen LogP contribution is -2.44. The summed E-state index contributed by atoms with van der Waals surface area (Å²) in [7, 11) is 0. The third-order valence-corrected chi connectivity index (χ3v) is 3.81. The van der Waals surface area contributed by atoms with Crippen LogP contribution in [0, 0.1) is 11.6 Å². The molecule has 0 heterocycles. The van der Waals surface area contributed by atoms with Crippen molar-refractivity contribution in [1.82, 2.24) is 5.32 Å². The molecule has 0 spiro atoms. The third-order valence-electron chi connectivity index (χ3n) is 3.81. The van der Waals surface area contributed by atoms with Crippen LogP contribution in [0.15, 0.2) is 48.5 Å². The van der Waals surface area contributed by atoms with Crippen molar-refractivity contribution < 1.29 is 23.5 Å². The number of benzene rings is 2. The van der Waals surface area contributed by atoms with Crippen LogP contribution in [0.4, 0.5) is 14.5 Å². The number of carbonyl (C=O) groups excluding carboxylic acids is 2. The quantitative estimate of drug-likeness (QED) is 0.691. The molecule has 7 heteroatoms. The molecule has 2 rings (SSSR count). The molecule has 2 aromatic carbocycles. The van der Waals surface area contributed by atoms with Gasteiger partial charge < -0.3 is 15.7 Å². The van der Waals surface area contributed by atoms with Gasteiger partial charge in [0.1, 0.15) is 11.6 Å². The van der Waals surface area contributed by atoms with Crippen molar-refractivity contribution >= 4 is 17.5 Å². The number of amides is 2. The highest BCUT2D eigenvalue weighted by Crippen LogP contribution is 2.15. The largest absolute Gasteiger partial charge is 0.388 e. The minimum Gasteiger partial charge on any atom is -0.388 e. The average Bonchev–Trinajstić information content (AvgIpc) is 2.61. The monoisotopic (exact) mass is 362 g/mol. The first-order valence-corrected chi connectivity index (χ1v) is 8.07. The fourth-order valence-electron chi connectivity index (χ4n) is 2.27. The van der Waals surface area contributed by atoms with Gasteiger partial charge in [-0.3, -0.25) is 9.59 Å². The van der Waals surface area contributed by atoms with Gasteiger partial charge >= 0.3 is 11.8 Å². The first kappa shape index (κ1) is 19.5. The molecule has 1 atom stereocenters. The fraction of sp³-hybridized carbons (Fsp3) is 0.263. The Balaban J connectivity index is 1.83. The van der Waals surface area contributed by atoms with E-state index in [1.807, 2.05) is 30.3 Å². The molecule has 0 bridgehead atoms. The highest BCUT2D eigenvalue weighted by Gasteiger charge is 2.23. The summed E-state index contributed by atoms with van der Waals surface area (Å²) in [5, 5.41) is 14.7. The summed E-state index contributed by atoms with van der Waals surface area (Å²) in [6.45, 7) is 1.41. The van der Waals surface area contributed by atoms with Gasteiger partial charge in [-0.25, -0.2) is 8.78 Å². The van der Waals surface area contributed by atoms with Gasteiger partial charge in [-0.2, -0.15) is 0 Å². The Bertz CT molecular complexity index is 780. The van der Waals surface area contributed by atoms with Crippen LogP contribution in [0.5, 0.6) is 0 Å². The summed E-state index contributed by atoms with van der Waals surface area (Å²) in [6, 6.07) is 12.1. The third kappa shape index (κ3) is 5.93. The maximum atomic E-state index is 13.5. The molecule has 0 saturated heterocycles. The lowest BCUT2D eigenvalue weighted by molar-refractivity contribution is -0.136. The molecule has 0 aliphatic heterocycles. The zero-order valence-electron chi connectivity index (χ0n) is 14.3. The van der Waals surface area contributed by atoms with Crippen LogP contribution in [-0.4, -0.2) is 29.1 Å². The minimum atomic E-state index is -1.22. The predicted octanol–water partition coefficient (Wildman–Crippen LogP) is 2.40. The van der Waals surface area contributed by atoms with Crippen molar-refractivity contribution in [3.05, 3.63) is 65.7 Å². The zero-order chi connectivity index (χ0) is 19.2. The molecule has 0 unspecified atom stereocenters. The van der Waals surface area contributed by atoms with E-state index in [0.717, 1.165) is 17.7 Å². The molecule has 5 nitrogen and oxygen atoms in total. The van der Waals surface area contributed by atoms with E-state index in [1.165, 1.54) is 0 Å². The topological polar surface area (TPSA) is 78.4 Å². The summed E-state index contributed by atoms with van der Waals surface area (Å²) in [4.78, 5) is 23.6. The van der Waals surface area contributed by atoms with E-state index >= 15 is 0 Å². The maximum absolute atomic E-state index is 13.5. The van der Waals surface area contributed by atoms with Crippen LogP contribution in [0.3, 0.4) is 0 Å². The van der Waals surface area contributed by atoms with Gasteiger partial charge in [-0.15, -0.1) is 0 Å². The van der Waals surface area contributed by atoms with Gasteiger partial charge in [0.15, 0.2) is 0 Å². The van der Waals surface area contributed by atoms with E-state index in [9.17, 15) is 23.5 Å². The molecule has 0 aromatic heterocycles. The summed E-state index contributed by atoms with van der Waals surface area (Å²) in [6.07, 6.45) is 0.988. The Morgan fingerprint density at radius 1 is 1.08 bits per heavy atom. The van der Waals surface area contributed by atoms with Crippen LogP contribution in [0.2, 0.25) is 0 Å². The Morgan fingerprint density at radius 2 is 1.77 bits per heavy atom. The van der Waals surface area contributed by atoms with Crippen LogP contribution < -0.4 is 10.6 Å². The van der Waals surface area contributed by atoms with Crippen molar-refractivity contribution in [2.75, 3.05) is 11.9 Å². The normalized spacial score (nSPS) is 12.9. The molecule has 3 N–H and O–H groups in total. The molecular formula is C19H20F2N2O3. The zero-order valence-corrected chi connectivity index (χ0v) is 14.3. The van der Waals surface area contributed by atoms with Gasteiger partial charge in [-0.05, 0) is 37.5 Å². The molecule has 0 saturated carbocycles. The van der Waals surface area contributed by atoms with Gasteiger partial charge in [-0.1, -0.05) is 30.3 Å². The van der Waals surface area contributed by atoms with E-state index in [2.05, 4.69) is 10.6 Å². The van der Waals surface area contributed by atoms with E-state index in [0.29, 0.717) is 18.9 Å². The first-order chi connectivity index (χ1) is 12.3. The number of rotatable bonds is 6. The predicted molar refractivity (Wildman–Crippen MR) is 93.4 cm³/mol. The van der Waals surface area contributed by atoms with Gasteiger partial charge in [0.05, 0.1) is 11.3 Å². The number of hydrogen-bond acceptors (Lipinski definition) is 3. The Kier molecular flexibility index (Phi) is 6.41. The standard InChI is InChI=1S/C19H20F2N2O3/c1-19(26,10-9-13-5-3-2-4-6-13)12-22-17(24)18(25)23-16-8-7-14(20)11-15(16)21/h2-8,11,26H,9-10,12H2,1H3,(H,22,24)(H,23,25)/t19-/m1/s1. The smallest absolute Gasteiger partial charge is 0.313 e. The number of carbonyl (C=O) groups is 2. The Hall–Kier alpha value is -2.80. The van der Waals surface area contributed by atoms with Crippen molar-refractivity contribution in [3.63, 3.8) is 0 Å². The van der Waals surface area contributed by atoms with Crippen molar-refractivity contribution in [3.8, 4) is 0 Å². The van der Waals surface area contributed by atoms with Crippen molar-refractivity contribution in [2.45, 2.75) is 25.4 Å².